The minimum absolute atomic E-state index is 0.130. The highest BCUT2D eigenvalue weighted by Crippen LogP contribution is 2.21. The maximum Gasteiger partial charge on any atom is 0.203 e. The van der Waals surface area contributed by atoms with Gasteiger partial charge in [0.15, 0.2) is 0 Å². The van der Waals surface area contributed by atoms with Crippen LogP contribution in [0.3, 0.4) is 0 Å². The Labute approximate surface area is 140 Å². The zero-order valence-electron chi connectivity index (χ0n) is 12.4. The Morgan fingerprint density at radius 2 is 2.00 bits per heavy atom. The van der Waals surface area contributed by atoms with Crippen molar-refractivity contribution in [3.8, 4) is 6.07 Å². The van der Waals surface area contributed by atoms with Crippen molar-refractivity contribution in [1.29, 1.82) is 5.26 Å². The lowest BCUT2D eigenvalue weighted by Crippen LogP contribution is -2.22. The number of nitrogens with zero attached hydrogens (tertiary/aromatic N) is 1. The van der Waals surface area contributed by atoms with Gasteiger partial charge in [0.1, 0.15) is 11.6 Å². The van der Waals surface area contributed by atoms with Crippen molar-refractivity contribution in [3.63, 3.8) is 0 Å². The van der Waals surface area contributed by atoms with Crippen LogP contribution in [0.4, 0.5) is 0 Å². The standard InChI is InChI=1S/C16H19BrN2OS/c1-4-15(12-6-8-13(17)9-7-12)19-11(3)14(10-18)16(21)20-5-2/h6-9,15,19H,4-5H2,1-3H3. The van der Waals surface area contributed by atoms with Gasteiger partial charge >= 0.3 is 0 Å². The number of hydrogen-bond donors (Lipinski definition) is 1. The summed E-state index contributed by atoms with van der Waals surface area (Å²) in [6.45, 7) is 6.26. The summed E-state index contributed by atoms with van der Waals surface area (Å²) in [5.41, 5.74) is 2.30. The molecule has 5 heteroatoms. The quantitative estimate of drug-likeness (QED) is 0.452. The number of nitrogens with one attached hydrogen (secondary N) is 1. The van der Waals surface area contributed by atoms with E-state index in [9.17, 15) is 5.26 Å². The molecule has 21 heavy (non-hydrogen) atoms. The van der Waals surface area contributed by atoms with Gasteiger partial charge in [-0.3, -0.25) is 0 Å². The van der Waals surface area contributed by atoms with E-state index in [0.717, 1.165) is 16.6 Å². The summed E-state index contributed by atoms with van der Waals surface area (Å²) in [5.74, 6) is 0. The van der Waals surface area contributed by atoms with Crippen molar-refractivity contribution >= 4 is 33.2 Å². The fourth-order valence-corrected chi connectivity index (χ4v) is 2.52. The van der Waals surface area contributed by atoms with Gasteiger partial charge in [0.05, 0.1) is 12.6 Å². The molecule has 1 aromatic rings. The third-order valence-electron chi connectivity index (χ3n) is 3.04. The molecule has 0 aliphatic rings. The fraction of sp³-hybridized carbons (Fsp3) is 0.375. The van der Waals surface area contributed by atoms with Gasteiger partial charge < -0.3 is 10.1 Å². The van der Waals surface area contributed by atoms with Crippen LogP contribution in [0.5, 0.6) is 0 Å². The van der Waals surface area contributed by atoms with Crippen LogP contribution in [-0.4, -0.2) is 11.7 Å². The lowest BCUT2D eigenvalue weighted by atomic mass is 10.0. The number of rotatable bonds is 6. The van der Waals surface area contributed by atoms with Gasteiger partial charge in [-0.1, -0.05) is 35.0 Å². The Bertz CT molecular complexity index is 561. The molecular weight excluding hydrogens is 348 g/mol. The molecule has 0 heterocycles. The molecule has 0 amide bonds. The third-order valence-corrected chi connectivity index (χ3v) is 3.89. The van der Waals surface area contributed by atoms with Crippen LogP contribution in [0.25, 0.3) is 0 Å². The molecule has 1 N–H and O–H groups in total. The summed E-state index contributed by atoms with van der Waals surface area (Å²) in [6, 6.07) is 10.4. The first-order valence-corrected chi connectivity index (χ1v) is 8.03. The van der Waals surface area contributed by atoms with E-state index < -0.39 is 0 Å². The van der Waals surface area contributed by atoms with Crippen molar-refractivity contribution < 1.29 is 4.74 Å². The number of benzene rings is 1. The zero-order chi connectivity index (χ0) is 15.8. The summed E-state index contributed by atoms with van der Waals surface area (Å²) in [4.78, 5) is 0. The molecule has 0 bridgehead atoms. The third kappa shape index (κ3) is 5.14. The van der Waals surface area contributed by atoms with Crippen LogP contribution >= 0.6 is 28.1 Å². The van der Waals surface area contributed by atoms with E-state index >= 15 is 0 Å². The van der Waals surface area contributed by atoms with Gasteiger partial charge in [-0.2, -0.15) is 5.26 Å². The smallest absolute Gasteiger partial charge is 0.203 e. The number of thiocarbonyl (C=S) groups is 1. The second-order valence-electron chi connectivity index (χ2n) is 4.49. The van der Waals surface area contributed by atoms with Gasteiger partial charge in [0.25, 0.3) is 0 Å². The number of ether oxygens (including phenoxy) is 1. The first-order valence-electron chi connectivity index (χ1n) is 6.83. The molecule has 0 spiro atoms. The van der Waals surface area contributed by atoms with Crippen molar-refractivity contribution in [1.82, 2.24) is 5.32 Å². The fourth-order valence-electron chi connectivity index (χ4n) is 1.94. The molecule has 0 saturated carbocycles. The normalized spacial score (nSPS) is 12.9. The van der Waals surface area contributed by atoms with Gasteiger partial charge in [0, 0.05) is 10.2 Å². The first-order chi connectivity index (χ1) is 10.0. The van der Waals surface area contributed by atoms with Crippen LogP contribution < -0.4 is 5.32 Å². The highest BCUT2D eigenvalue weighted by Gasteiger charge is 2.14. The lowest BCUT2D eigenvalue weighted by Gasteiger charge is -2.20. The van der Waals surface area contributed by atoms with Gasteiger partial charge in [-0.25, -0.2) is 0 Å². The Balaban J connectivity index is 2.96. The topological polar surface area (TPSA) is 45.0 Å². The van der Waals surface area contributed by atoms with E-state index in [1.165, 1.54) is 5.56 Å². The van der Waals surface area contributed by atoms with Crippen LogP contribution in [0.2, 0.25) is 0 Å². The summed E-state index contributed by atoms with van der Waals surface area (Å²) in [7, 11) is 0. The molecule has 0 saturated heterocycles. The van der Waals surface area contributed by atoms with E-state index in [4.69, 9.17) is 17.0 Å². The number of allylic oxidation sites excluding steroid dienone is 1. The second-order valence-corrected chi connectivity index (χ2v) is 5.78. The van der Waals surface area contributed by atoms with Crippen LogP contribution in [-0.2, 0) is 4.74 Å². The first kappa shape index (κ1) is 17.7. The molecule has 1 unspecified atom stereocenters. The average molecular weight is 367 g/mol. The average Bonchev–Trinajstić information content (AvgIpc) is 2.47. The van der Waals surface area contributed by atoms with E-state index in [1.807, 2.05) is 26.0 Å². The highest BCUT2D eigenvalue weighted by atomic mass is 79.9. The Morgan fingerprint density at radius 1 is 1.38 bits per heavy atom. The Hall–Kier alpha value is -1.38. The summed E-state index contributed by atoms with van der Waals surface area (Å²) < 4.78 is 6.30. The maximum atomic E-state index is 9.26. The maximum absolute atomic E-state index is 9.26. The van der Waals surface area contributed by atoms with Crippen LogP contribution in [0.15, 0.2) is 40.0 Å². The van der Waals surface area contributed by atoms with E-state index in [0.29, 0.717) is 12.2 Å². The molecule has 0 aliphatic heterocycles. The van der Waals surface area contributed by atoms with Gasteiger partial charge in [-0.05, 0) is 50.2 Å². The molecule has 0 aromatic heterocycles. The van der Waals surface area contributed by atoms with Gasteiger partial charge in [0.2, 0.25) is 5.05 Å². The SMILES string of the molecule is CCOC(=S)C(C#N)=C(C)NC(CC)c1ccc(Br)cc1. The Kier molecular flexibility index (Phi) is 7.41. The minimum atomic E-state index is 0.130. The molecule has 3 nitrogen and oxygen atoms in total. The number of halogens is 1. The van der Waals surface area contributed by atoms with E-state index in [1.54, 1.807) is 0 Å². The van der Waals surface area contributed by atoms with E-state index in [2.05, 4.69) is 46.4 Å². The van der Waals surface area contributed by atoms with E-state index in [-0.39, 0.29) is 11.1 Å². The Morgan fingerprint density at radius 3 is 2.48 bits per heavy atom. The molecule has 0 fully saturated rings. The predicted octanol–water partition coefficient (Wildman–Crippen LogP) is 4.65. The van der Waals surface area contributed by atoms with Crippen molar-refractivity contribution in [2.24, 2.45) is 0 Å². The van der Waals surface area contributed by atoms with Crippen LogP contribution in [0, 0.1) is 11.3 Å². The molecule has 1 atom stereocenters. The monoisotopic (exact) mass is 366 g/mol. The van der Waals surface area contributed by atoms with Crippen molar-refractivity contribution in [2.75, 3.05) is 6.61 Å². The van der Waals surface area contributed by atoms with Crippen LogP contribution in [0.1, 0.15) is 38.8 Å². The molecule has 112 valence electrons. The molecule has 1 aromatic carbocycles. The number of nitriles is 1. The van der Waals surface area contributed by atoms with Crippen molar-refractivity contribution in [3.05, 3.63) is 45.6 Å². The highest BCUT2D eigenvalue weighted by molar-refractivity contribution is 9.10. The second kappa shape index (κ2) is 8.81. The molecular formula is C16H19BrN2OS. The predicted molar refractivity (Wildman–Crippen MR) is 92.8 cm³/mol. The molecule has 1 rings (SSSR count). The summed E-state index contributed by atoms with van der Waals surface area (Å²) in [5, 5.41) is 12.9. The minimum Gasteiger partial charge on any atom is -0.483 e. The largest absolute Gasteiger partial charge is 0.483 e. The lowest BCUT2D eigenvalue weighted by molar-refractivity contribution is 0.337. The van der Waals surface area contributed by atoms with Gasteiger partial charge in [-0.15, -0.1) is 0 Å². The summed E-state index contributed by atoms with van der Waals surface area (Å²) >= 11 is 8.56. The number of hydrogen-bond acceptors (Lipinski definition) is 4. The molecule has 0 radical (unpaired) electrons. The molecule has 0 aliphatic carbocycles. The summed E-state index contributed by atoms with van der Waals surface area (Å²) in [6.07, 6.45) is 0.902. The zero-order valence-corrected chi connectivity index (χ0v) is 14.8. The van der Waals surface area contributed by atoms with Crippen molar-refractivity contribution in [2.45, 2.75) is 33.2 Å².